The van der Waals surface area contributed by atoms with Gasteiger partial charge in [0.25, 0.3) is 5.91 Å². The van der Waals surface area contributed by atoms with Crippen LogP contribution in [0.1, 0.15) is 16.0 Å². The summed E-state index contributed by atoms with van der Waals surface area (Å²) in [4.78, 5) is 18.1. The Balaban J connectivity index is 1.44. The number of nitriles is 1. The Labute approximate surface area is 199 Å². The first-order chi connectivity index (χ1) is 16.6. The number of thiazole rings is 1. The average molecular weight is 464 g/mol. The van der Waals surface area contributed by atoms with Crippen LogP contribution in [0.15, 0.2) is 90.6 Å². The van der Waals surface area contributed by atoms with Crippen molar-refractivity contribution in [2.24, 2.45) is 0 Å². The van der Waals surface area contributed by atoms with E-state index in [9.17, 15) is 14.4 Å². The summed E-state index contributed by atoms with van der Waals surface area (Å²) in [7, 11) is 0. The van der Waals surface area contributed by atoms with Crippen LogP contribution in [0.3, 0.4) is 0 Å². The molecule has 0 fully saturated rings. The van der Waals surface area contributed by atoms with Gasteiger partial charge in [-0.15, -0.1) is 11.3 Å². The minimum absolute atomic E-state index is 0.00297. The molecule has 5 rings (SSSR count). The summed E-state index contributed by atoms with van der Waals surface area (Å²) in [6, 6.07) is 26.3. The van der Waals surface area contributed by atoms with E-state index in [1.165, 1.54) is 23.5 Å². The molecule has 4 aromatic carbocycles. The number of fused-ring (bicyclic) bond motifs is 2. The summed E-state index contributed by atoms with van der Waals surface area (Å²) < 4.78 is 13.1. The Morgan fingerprint density at radius 2 is 1.65 bits per heavy atom. The number of nitrogens with zero attached hydrogens (tertiary/aromatic N) is 2. The minimum Gasteiger partial charge on any atom is -0.297 e. The standard InChI is InChI=1S/C28H18FN3OS/c29-22-11-9-18(10-12-22)13-23-17-31-28(34-23)32-27(33)21(16-30)15-26-24-7-3-1-5-19(24)14-20-6-2-4-8-25(20)26/h1-12,14-15,17H,13H2,(H,31,32,33)/b21-15+. The number of carbonyl (C=O) groups is 1. The molecule has 1 amide bonds. The summed E-state index contributed by atoms with van der Waals surface area (Å²) in [5.74, 6) is -0.794. The second kappa shape index (κ2) is 9.26. The average Bonchev–Trinajstić information content (AvgIpc) is 3.29. The highest BCUT2D eigenvalue weighted by molar-refractivity contribution is 7.15. The zero-order valence-electron chi connectivity index (χ0n) is 18.0. The van der Waals surface area contributed by atoms with E-state index < -0.39 is 5.91 Å². The van der Waals surface area contributed by atoms with Crippen molar-refractivity contribution in [3.63, 3.8) is 0 Å². The molecule has 5 aromatic rings. The summed E-state index contributed by atoms with van der Waals surface area (Å²) in [5, 5.41) is 16.9. The molecule has 4 nitrogen and oxygen atoms in total. The molecule has 6 heteroatoms. The predicted octanol–water partition coefficient (Wildman–Crippen LogP) is 6.73. The van der Waals surface area contributed by atoms with Crippen molar-refractivity contribution >= 4 is 50.0 Å². The number of benzene rings is 4. The number of amides is 1. The number of rotatable bonds is 5. The van der Waals surface area contributed by atoms with E-state index in [0.717, 1.165) is 37.5 Å². The molecule has 0 aliphatic carbocycles. The van der Waals surface area contributed by atoms with Gasteiger partial charge in [-0.3, -0.25) is 10.1 Å². The highest BCUT2D eigenvalue weighted by atomic mass is 32.1. The van der Waals surface area contributed by atoms with Crippen LogP contribution in [0.4, 0.5) is 9.52 Å². The number of nitrogens with one attached hydrogen (secondary N) is 1. The monoisotopic (exact) mass is 463 g/mol. The maximum Gasteiger partial charge on any atom is 0.268 e. The Kier molecular flexibility index (Phi) is 5.86. The number of anilines is 1. The van der Waals surface area contributed by atoms with E-state index in [0.29, 0.717) is 11.6 Å². The Hall–Kier alpha value is -4.34. The van der Waals surface area contributed by atoms with Gasteiger partial charge in [0, 0.05) is 17.5 Å². The van der Waals surface area contributed by atoms with Gasteiger partial charge in [0.05, 0.1) is 0 Å². The van der Waals surface area contributed by atoms with Crippen LogP contribution in [-0.2, 0) is 11.2 Å². The lowest BCUT2D eigenvalue weighted by Gasteiger charge is -2.09. The fourth-order valence-corrected chi connectivity index (χ4v) is 4.75. The normalized spacial score (nSPS) is 11.5. The van der Waals surface area contributed by atoms with Crippen molar-refractivity contribution in [1.29, 1.82) is 5.26 Å². The third-order valence-electron chi connectivity index (χ3n) is 5.53. The predicted molar refractivity (Wildman–Crippen MR) is 135 cm³/mol. The third kappa shape index (κ3) is 4.42. The second-order valence-corrected chi connectivity index (χ2v) is 8.91. The van der Waals surface area contributed by atoms with Crippen LogP contribution in [0.25, 0.3) is 27.6 Å². The SMILES string of the molecule is N#C/C(=C\c1c2ccccc2cc2ccccc12)C(=O)Nc1ncc(Cc2ccc(F)cc2)s1. The summed E-state index contributed by atoms with van der Waals surface area (Å²) >= 11 is 1.33. The van der Waals surface area contributed by atoms with Crippen molar-refractivity contribution in [1.82, 2.24) is 4.98 Å². The fraction of sp³-hybridized carbons (Fsp3) is 0.0357. The van der Waals surface area contributed by atoms with Crippen LogP contribution in [0.5, 0.6) is 0 Å². The smallest absolute Gasteiger partial charge is 0.268 e. The molecule has 0 saturated heterocycles. The van der Waals surface area contributed by atoms with Crippen LogP contribution < -0.4 is 5.32 Å². The van der Waals surface area contributed by atoms with E-state index in [4.69, 9.17) is 0 Å². The zero-order chi connectivity index (χ0) is 23.5. The molecule has 0 saturated carbocycles. The first kappa shape index (κ1) is 21.5. The summed E-state index contributed by atoms with van der Waals surface area (Å²) in [6.07, 6.45) is 3.90. The number of aromatic nitrogens is 1. The van der Waals surface area contributed by atoms with Gasteiger partial charge in [0.2, 0.25) is 0 Å². The molecule has 0 aliphatic rings. The number of hydrogen-bond acceptors (Lipinski definition) is 4. The molecular formula is C28H18FN3OS. The molecule has 0 aliphatic heterocycles. The maximum absolute atomic E-state index is 13.1. The van der Waals surface area contributed by atoms with Gasteiger partial charge in [-0.1, -0.05) is 60.7 Å². The molecular weight excluding hydrogens is 445 g/mol. The quantitative estimate of drug-likeness (QED) is 0.179. The van der Waals surface area contributed by atoms with Gasteiger partial charge in [-0.25, -0.2) is 9.37 Å². The van der Waals surface area contributed by atoms with Gasteiger partial charge in [-0.05, 0) is 56.9 Å². The Morgan fingerprint density at radius 3 is 2.29 bits per heavy atom. The summed E-state index contributed by atoms with van der Waals surface area (Å²) in [5.41, 5.74) is 1.77. The van der Waals surface area contributed by atoms with Crippen LogP contribution in [0.2, 0.25) is 0 Å². The molecule has 0 radical (unpaired) electrons. The van der Waals surface area contributed by atoms with Crippen LogP contribution >= 0.6 is 11.3 Å². The molecule has 1 aromatic heterocycles. The molecule has 0 bridgehead atoms. The number of carbonyl (C=O) groups excluding carboxylic acids is 1. The molecule has 1 heterocycles. The molecule has 164 valence electrons. The molecule has 34 heavy (non-hydrogen) atoms. The van der Waals surface area contributed by atoms with Gasteiger partial charge < -0.3 is 0 Å². The van der Waals surface area contributed by atoms with Crippen molar-refractivity contribution in [3.05, 3.63) is 112 Å². The zero-order valence-corrected chi connectivity index (χ0v) is 18.8. The van der Waals surface area contributed by atoms with E-state index in [1.54, 1.807) is 24.4 Å². The third-order valence-corrected chi connectivity index (χ3v) is 6.45. The van der Waals surface area contributed by atoms with Crippen LogP contribution in [-0.4, -0.2) is 10.9 Å². The molecule has 0 unspecified atom stereocenters. The van der Waals surface area contributed by atoms with Crippen molar-refractivity contribution in [2.45, 2.75) is 6.42 Å². The topological polar surface area (TPSA) is 65.8 Å². The van der Waals surface area contributed by atoms with Crippen molar-refractivity contribution in [2.75, 3.05) is 5.32 Å². The fourth-order valence-electron chi connectivity index (χ4n) is 3.91. The van der Waals surface area contributed by atoms with E-state index in [-0.39, 0.29) is 11.4 Å². The highest BCUT2D eigenvalue weighted by Crippen LogP contribution is 2.30. The lowest BCUT2D eigenvalue weighted by atomic mass is 9.95. The maximum atomic E-state index is 13.1. The van der Waals surface area contributed by atoms with Gasteiger partial charge in [0.15, 0.2) is 5.13 Å². The number of halogens is 1. The number of hydrogen-bond donors (Lipinski definition) is 1. The highest BCUT2D eigenvalue weighted by Gasteiger charge is 2.14. The van der Waals surface area contributed by atoms with E-state index >= 15 is 0 Å². The second-order valence-electron chi connectivity index (χ2n) is 7.79. The van der Waals surface area contributed by atoms with Gasteiger partial charge in [0.1, 0.15) is 17.5 Å². The molecule has 0 atom stereocenters. The Bertz CT molecular complexity index is 1540. The first-order valence-corrected chi connectivity index (χ1v) is 11.4. The minimum atomic E-state index is -0.512. The van der Waals surface area contributed by atoms with Crippen molar-refractivity contribution in [3.8, 4) is 6.07 Å². The van der Waals surface area contributed by atoms with E-state index in [1.807, 2.05) is 54.6 Å². The van der Waals surface area contributed by atoms with E-state index in [2.05, 4.69) is 16.4 Å². The van der Waals surface area contributed by atoms with Gasteiger partial charge >= 0.3 is 0 Å². The largest absolute Gasteiger partial charge is 0.297 e. The first-order valence-electron chi connectivity index (χ1n) is 10.6. The molecule has 0 spiro atoms. The molecule has 1 N–H and O–H groups in total. The summed E-state index contributed by atoms with van der Waals surface area (Å²) in [6.45, 7) is 0. The van der Waals surface area contributed by atoms with Crippen molar-refractivity contribution < 1.29 is 9.18 Å². The van der Waals surface area contributed by atoms with Crippen LogP contribution in [0, 0.1) is 17.1 Å². The lowest BCUT2D eigenvalue weighted by molar-refractivity contribution is -0.112. The van der Waals surface area contributed by atoms with Gasteiger partial charge in [-0.2, -0.15) is 5.26 Å². The lowest BCUT2D eigenvalue weighted by Crippen LogP contribution is -2.13. The Morgan fingerprint density at radius 1 is 1.00 bits per heavy atom.